The van der Waals surface area contributed by atoms with Crippen LogP contribution in [-0.4, -0.2) is 28.7 Å². The summed E-state index contributed by atoms with van der Waals surface area (Å²) in [6, 6.07) is 8.99. The average Bonchev–Trinajstić information content (AvgIpc) is 2.49. The van der Waals surface area contributed by atoms with E-state index in [1.165, 1.54) is 12.1 Å². The maximum Gasteiger partial charge on any atom is 0.342 e. The number of carbonyl (C=O) groups excluding carboxylic acids is 2. The number of nitrogens with one attached hydrogen (secondary N) is 1. The van der Waals surface area contributed by atoms with E-state index in [-0.39, 0.29) is 11.3 Å². The Morgan fingerprint density at radius 2 is 1.87 bits per heavy atom. The molecule has 0 aliphatic heterocycles. The highest BCUT2D eigenvalue weighted by atomic mass is 16.5. The van der Waals surface area contributed by atoms with Gasteiger partial charge < -0.3 is 20.3 Å². The van der Waals surface area contributed by atoms with Crippen molar-refractivity contribution in [1.82, 2.24) is 0 Å². The third-order valence-electron chi connectivity index (χ3n) is 3.41. The Labute approximate surface area is 133 Å². The minimum absolute atomic E-state index is 0.123. The fourth-order valence-electron chi connectivity index (χ4n) is 1.97. The van der Waals surface area contributed by atoms with Crippen LogP contribution in [0.3, 0.4) is 0 Å². The van der Waals surface area contributed by atoms with Crippen molar-refractivity contribution in [2.45, 2.75) is 13.8 Å². The number of ether oxygens (including phenoxy) is 1. The molecular weight excluding hydrogens is 298 g/mol. The highest BCUT2D eigenvalue weighted by molar-refractivity contribution is 5.97. The zero-order valence-corrected chi connectivity index (χ0v) is 12.8. The van der Waals surface area contributed by atoms with E-state index in [1.807, 2.05) is 26.0 Å². The minimum atomic E-state index is -0.849. The van der Waals surface area contributed by atoms with E-state index in [4.69, 9.17) is 4.74 Å². The van der Waals surface area contributed by atoms with E-state index in [9.17, 15) is 19.8 Å². The standard InChI is InChI=1S/C17H17NO5/c1-10-4-3-5-14(11(10)2)18-16(21)9-23-17(22)13-7-6-12(19)8-15(13)20/h3-8,19-20H,9H2,1-2H3,(H,18,21). The van der Waals surface area contributed by atoms with Gasteiger partial charge in [0.25, 0.3) is 5.91 Å². The predicted molar refractivity (Wildman–Crippen MR) is 84.6 cm³/mol. The molecule has 0 spiro atoms. The molecule has 0 saturated carbocycles. The van der Waals surface area contributed by atoms with E-state index >= 15 is 0 Å². The summed E-state index contributed by atoms with van der Waals surface area (Å²) in [5, 5.41) is 21.4. The first-order valence-electron chi connectivity index (χ1n) is 6.93. The molecule has 1 amide bonds. The number of anilines is 1. The molecule has 0 heterocycles. The molecule has 2 rings (SSSR count). The van der Waals surface area contributed by atoms with Crippen LogP contribution in [0.2, 0.25) is 0 Å². The molecule has 0 aromatic heterocycles. The molecular formula is C17H17NO5. The first kappa shape index (κ1) is 16.4. The fourth-order valence-corrected chi connectivity index (χ4v) is 1.97. The van der Waals surface area contributed by atoms with E-state index in [1.54, 1.807) is 6.07 Å². The zero-order valence-electron chi connectivity index (χ0n) is 12.8. The first-order valence-corrected chi connectivity index (χ1v) is 6.93. The zero-order chi connectivity index (χ0) is 17.0. The number of aryl methyl sites for hydroxylation is 1. The highest BCUT2D eigenvalue weighted by Gasteiger charge is 2.15. The van der Waals surface area contributed by atoms with Gasteiger partial charge in [-0.2, -0.15) is 0 Å². The SMILES string of the molecule is Cc1cccc(NC(=O)COC(=O)c2ccc(O)cc2O)c1C. The summed E-state index contributed by atoms with van der Waals surface area (Å²) in [6.45, 7) is 3.33. The van der Waals surface area contributed by atoms with E-state index in [2.05, 4.69) is 5.32 Å². The van der Waals surface area contributed by atoms with Gasteiger partial charge in [0.05, 0.1) is 0 Å². The Morgan fingerprint density at radius 1 is 1.13 bits per heavy atom. The van der Waals surface area contributed by atoms with Gasteiger partial charge in [-0.1, -0.05) is 12.1 Å². The number of benzene rings is 2. The van der Waals surface area contributed by atoms with Gasteiger partial charge >= 0.3 is 5.97 Å². The van der Waals surface area contributed by atoms with Gasteiger partial charge in [0.1, 0.15) is 17.1 Å². The summed E-state index contributed by atoms with van der Waals surface area (Å²) in [5.74, 6) is -1.92. The number of esters is 1. The normalized spacial score (nSPS) is 10.2. The molecule has 0 saturated heterocycles. The Hall–Kier alpha value is -3.02. The summed E-state index contributed by atoms with van der Waals surface area (Å²) >= 11 is 0. The molecule has 0 radical (unpaired) electrons. The van der Waals surface area contributed by atoms with Crippen molar-refractivity contribution < 1.29 is 24.5 Å². The Morgan fingerprint density at radius 3 is 2.57 bits per heavy atom. The Balaban J connectivity index is 1.96. The monoisotopic (exact) mass is 315 g/mol. The second-order valence-electron chi connectivity index (χ2n) is 5.07. The lowest BCUT2D eigenvalue weighted by molar-refractivity contribution is -0.119. The van der Waals surface area contributed by atoms with Crippen LogP contribution in [0, 0.1) is 13.8 Å². The van der Waals surface area contributed by atoms with Crippen LogP contribution in [0.4, 0.5) is 5.69 Å². The third-order valence-corrected chi connectivity index (χ3v) is 3.41. The van der Waals surface area contributed by atoms with Gasteiger partial charge in [-0.25, -0.2) is 4.79 Å². The van der Waals surface area contributed by atoms with Crippen molar-refractivity contribution in [3.63, 3.8) is 0 Å². The van der Waals surface area contributed by atoms with Crippen LogP contribution in [0.1, 0.15) is 21.5 Å². The van der Waals surface area contributed by atoms with Crippen LogP contribution >= 0.6 is 0 Å². The predicted octanol–water partition coefficient (Wildman–Crippen LogP) is 2.51. The van der Waals surface area contributed by atoms with Crippen molar-refractivity contribution in [1.29, 1.82) is 0 Å². The highest BCUT2D eigenvalue weighted by Crippen LogP contribution is 2.23. The molecule has 0 aliphatic rings. The molecule has 0 fully saturated rings. The summed E-state index contributed by atoms with van der Waals surface area (Å²) in [6.07, 6.45) is 0. The number of aromatic hydroxyl groups is 2. The Bertz CT molecular complexity index is 755. The lowest BCUT2D eigenvalue weighted by Gasteiger charge is -2.11. The Kier molecular flexibility index (Phi) is 4.85. The van der Waals surface area contributed by atoms with Crippen LogP contribution < -0.4 is 5.32 Å². The number of hydrogen-bond donors (Lipinski definition) is 3. The molecule has 2 aromatic carbocycles. The number of hydrogen-bond acceptors (Lipinski definition) is 5. The number of phenolic OH excluding ortho intramolecular Hbond substituents is 2. The second kappa shape index (κ2) is 6.83. The molecule has 2 aromatic rings. The molecule has 0 aliphatic carbocycles. The average molecular weight is 315 g/mol. The topological polar surface area (TPSA) is 95.9 Å². The smallest absolute Gasteiger partial charge is 0.342 e. The van der Waals surface area contributed by atoms with Crippen molar-refractivity contribution in [2.24, 2.45) is 0 Å². The van der Waals surface area contributed by atoms with Crippen LogP contribution in [0.15, 0.2) is 36.4 Å². The van der Waals surface area contributed by atoms with Crippen LogP contribution in [0.25, 0.3) is 0 Å². The third kappa shape index (κ3) is 4.00. The van der Waals surface area contributed by atoms with Crippen LogP contribution in [0.5, 0.6) is 11.5 Å². The van der Waals surface area contributed by atoms with Gasteiger partial charge in [0.15, 0.2) is 6.61 Å². The first-order chi connectivity index (χ1) is 10.9. The lowest BCUT2D eigenvalue weighted by atomic mass is 10.1. The largest absolute Gasteiger partial charge is 0.508 e. The summed E-state index contributed by atoms with van der Waals surface area (Å²) in [4.78, 5) is 23.7. The summed E-state index contributed by atoms with van der Waals surface area (Å²) in [7, 11) is 0. The fraction of sp³-hybridized carbons (Fsp3) is 0.176. The maximum atomic E-state index is 11.9. The van der Waals surface area contributed by atoms with Crippen molar-refractivity contribution in [2.75, 3.05) is 11.9 Å². The quantitative estimate of drug-likeness (QED) is 0.753. The van der Waals surface area contributed by atoms with Gasteiger partial charge in [0.2, 0.25) is 0 Å². The van der Waals surface area contributed by atoms with Gasteiger partial charge in [-0.15, -0.1) is 0 Å². The van der Waals surface area contributed by atoms with Crippen molar-refractivity contribution in [3.05, 3.63) is 53.1 Å². The molecule has 120 valence electrons. The molecule has 0 bridgehead atoms. The number of amides is 1. The van der Waals surface area contributed by atoms with E-state index in [0.29, 0.717) is 5.69 Å². The van der Waals surface area contributed by atoms with Gasteiger partial charge in [-0.05, 0) is 43.2 Å². The molecule has 23 heavy (non-hydrogen) atoms. The molecule has 0 unspecified atom stereocenters. The lowest BCUT2D eigenvalue weighted by Crippen LogP contribution is -2.21. The second-order valence-corrected chi connectivity index (χ2v) is 5.07. The van der Waals surface area contributed by atoms with E-state index in [0.717, 1.165) is 17.2 Å². The van der Waals surface area contributed by atoms with Crippen LogP contribution in [-0.2, 0) is 9.53 Å². The van der Waals surface area contributed by atoms with Gasteiger partial charge in [0, 0.05) is 11.8 Å². The van der Waals surface area contributed by atoms with Gasteiger partial charge in [-0.3, -0.25) is 4.79 Å². The van der Waals surface area contributed by atoms with E-state index < -0.39 is 24.2 Å². The van der Waals surface area contributed by atoms with Crippen molar-refractivity contribution >= 4 is 17.6 Å². The maximum absolute atomic E-state index is 11.9. The molecule has 6 heteroatoms. The minimum Gasteiger partial charge on any atom is -0.508 e. The summed E-state index contributed by atoms with van der Waals surface area (Å²) in [5.41, 5.74) is 2.50. The summed E-state index contributed by atoms with van der Waals surface area (Å²) < 4.78 is 4.86. The molecule has 0 atom stereocenters. The van der Waals surface area contributed by atoms with Crippen molar-refractivity contribution in [3.8, 4) is 11.5 Å². The number of carbonyl (C=O) groups is 2. The molecule has 3 N–H and O–H groups in total. The molecule has 6 nitrogen and oxygen atoms in total. The number of phenols is 2. The number of rotatable bonds is 4.